The number of aromatic nitrogens is 1. The highest BCUT2D eigenvalue weighted by molar-refractivity contribution is 7.92. The maximum Gasteiger partial charge on any atom is 0.311 e. The summed E-state index contributed by atoms with van der Waals surface area (Å²) < 4.78 is 37.0. The molecule has 0 unspecified atom stereocenters. The van der Waals surface area contributed by atoms with E-state index in [1.54, 1.807) is 39.8 Å². The Morgan fingerprint density at radius 2 is 1.93 bits per heavy atom. The first-order chi connectivity index (χ1) is 12.7. The van der Waals surface area contributed by atoms with Crippen molar-refractivity contribution >= 4 is 33.3 Å². The van der Waals surface area contributed by atoms with Crippen LogP contribution in [0.25, 0.3) is 0 Å². The van der Waals surface area contributed by atoms with Crippen molar-refractivity contribution in [3.05, 3.63) is 35.5 Å². The van der Waals surface area contributed by atoms with Gasteiger partial charge < -0.3 is 9.26 Å². The lowest BCUT2D eigenvalue weighted by Crippen LogP contribution is -2.13. The number of nitrogens with zero attached hydrogens (tertiary/aromatic N) is 2. The van der Waals surface area contributed by atoms with Crippen LogP contribution in [0, 0.1) is 13.8 Å². The molecule has 1 aromatic heterocycles. The van der Waals surface area contributed by atoms with Crippen molar-refractivity contribution in [2.75, 3.05) is 16.8 Å². The maximum absolute atomic E-state index is 12.4. The van der Waals surface area contributed by atoms with Crippen molar-refractivity contribution in [3.8, 4) is 0 Å². The molecule has 0 fully saturated rings. The van der Waals surface area contributed by atoms with Gasteiger partial charge in [-0.1, -0.05) is 5.16 Å². The van der Waals surface area contributed by atoms with Crippen LogP contribution in [0.2, 0.25) is 0 Å². The molecule has 1 heterocycles. The van der Waals surface area contributed by atoms with Crippen molar-refractivity contribution in [2.24, 2.45) is 5.10 Å². The van der Waals surface area contributed by atoms with Gasteiger partial charge in [0.25, 0.3) is 10.0 Å². The zero-order chi connectivity index (χ0) is 20.0. The molecule has 10 heteroatoms. The smallest absolute Gasteiger partial charge is 0.311 e. The predicted octanol–water partition coefficient (Wildman–Crippen LogP) is 2.83. The lowest BCUT2D eigenvalue weighted by molar-refractivity contribution is -0.141. The van der Waals surface area contributed by atoms with E-state index in [9.17, 15) is 13.2 Å². The number of sulfonamides is 1. The van der Waals surface area contributed by atoms with Gasteiger partial charge in [0.15, 0.2) is 0 Å². The number of anilines is 2. The second kappa shape index (κ2) is 8.67. The van der Waals surface area contributed by atoms with Crippen LogP contribution in [0.4, 0.5) is 11.6 Å². The molecule has 2 rings (SSSR count). The lowest BCUT2D eigenvalue weighted by Gasteiger charge is -2.07. The summed E-state index contributed by atoms with van der Waals surface area (Å²) in [6.07, 6.45) is 0.0766. The largest absolute Gasteiger partial charge is 0.466 e. The van der Waals surface area contributed by atoms with Gasteiger partial charge in [0, 0.05) is 11.3 Å². The first-order valence-corrected chi connectivity index (χ1v) is 9.71. The molecule has 0 bridgehead atoms. The predicted molar refractivity (Wildman–Crippen MR) is 101 cm³/mol. The van der Waals surface area contributed by atoms with Crippen molar-refractivity contribution in [1.82, 2.24) is 5.16 Å². The van der Waals surface area contributed by atoms with E-state index in [0.717, 1.165) is 0 Å². The average Bonchev–Trinajstić information content (AvgIpc) is 2.92. The molecular formula is C17H22N4O5S. The minimum Gasteiger partial charge on any atom is -0.466 e. The molecule has 0 radical (unpaired) electrons. The van der Waals surface area contributed by atoms with Crippen LogP contribution in [-0.2, 0) is 19.6 Å². The topological polar surface area (TPSA) is 123 Å². The minimum atomic E-state index is -3.80. The summed E-state index contributed by atoms with van der Waals surface area (Å²) in [5.41, 5.74) is 5.13. The highest BCUT2D eigenvalue weighted by Crippen LogP contribution is 2.22. The van der Waals surface area contributed by atoms with E-state index in [-0.39, 0.29) is 23.2 Å². The van der Waals surface area contributed by atoms with Gasteiger partial charge in [0.1, 0.15) is 0 Å². The fraction of sp³-hybridized carbons (Fsp3) is 0.353. The third-order valence-corrected chi connectivity index (χ3v) is 4.98. The number of esters is 1. The quantitative estimate of drug-likeness (QED) is 0.401. The van der Waals surface area contributed by atoms with Crippen molar-refractivity contribution in [1.29, 1.82) is 0 Å². The summed E-state index contributed by atoms with van der Waals surface area (Å²) >= 11 is 0. The first-order valence-electron chi connectivity index (χ1n) is 8.23. The number of hydrogen-bond donors (Lipinski definition) is 2. The molecule has 0 aliphatic rings. The van der Waals surface area contributed by atoms with E-state index in [4.69, 9.17) is 9.26 Å². The number of carbonyl (C=O) groups is 1. The molecule has 0 aliphatic carbocycles. The summed E-state index contributed by atoms with van der Waals surface area (Å²) in [4.78, 5) is 11.4. The fourth-order valence-electron chi connectivity index (χ4n) is 2.02. The number of rotatable bonds is 8. The summed E-state index contributed by atoms with van der Waals surface area (Å²) in [5, 5.41) is 7.79. The van der Waals surface area contributed by atoms with E-state index in [1.165, 1.54) is 12.1 Å². The standard InChI is InChI=1S/C17H22N4O5S/c1-5-25-16(22)10-11(2)18-19-14-6-8-15(9-7-14)27(23,24)21-17-12(3)13(4)20-26-17/h6-9,19,21H,5,10H2,1-4H3/b18-11+. The van der Waals surface area contributed by atoms with Crippen molar-refractivity contribution in [2.45, 2.75) is 39.0 Å². The second-order valence-electron chi connectivity index (χ2n) is 5.79. The zero-order valence-corrected chi connectivity index (χ0v) is 16.4. The van der Waals surface area contributed by atoms with Gasteiger partial charge in [-0.3, -0.25) is 10.2 Å². The van der Waals surface area contributed by atoms with Crippen LogP contribution in [0.3, 0.4) is 0 Å². The first kappa shape index (κ1) is 20.4. The third kappa shape index (κ3) is 5.55. The molecular weight excluding hydrogens is 372 g/mol. The molecule has 9 nitrogen and oxygen atoms in total. The Morgan fingerprint density at radius 1 is 1.26 bits per heavy atom. The Morgan fingerprint density at radius 3 is 2.48 bits per heavy atom. The number of benzene rings is 1. The highest BCUT2D eigenvalue weighted by Gasteiger charge is 2.19. The Hall–Kier alpha value is -2.88. The van der Waals surface area contributed by atoms with Crippen LogP contribution >= 0.6 is 0 Å². The van der Waals surface area contributed by atoms with Crippen molar-refractivity contribution < 1.29 is 22.5 Å². The molecule has 0 saturated carbocycles. The molecule has 0 spiro atoms. The van der Waals surface area contributed by atoms with Gasteiger partial charge in [-0.15, -0.1) is 0 Å². The number of ether oxygens (including phenoxy) is 1. The maximum atomic E-state index is 12.4. The molecule has 0 aliphatic heterocycles. The number of aryl methyl sites for hydroxylation is 1. The number of nitrogens with one attached hydrogen (secondary N) is 2. The van der Waals surface area contributed by atoms with Crippen LogP contribution in [0.5, 0.6) is 0 Å². The van der Waals surface area contributed by atoms with E-state index in [1.807, 2.05) is 0 Å². The van der Waals surface area contributed by atoms with Gasteiger partial charge in [0.05, 0.1) is 29.3 Å². The molecule has 27 heavy (non-hydrogen) atoms. The minimum absolute atomic E-state index is 0.0636. The fourth-order valence-corrected chi connectivity index (χ4v) is 3.07. The molecule has 146 valence electrons. The SMILES string of the molecule is CCOC(=O)C/C(C)=N/Nc1ccc(S(=O)(=O)Nc2onc(C)c2C)cc1. The van der Waals surface area contributed by atoms with Crippen LogP contribution in [-0.4, -0.2) is 31.9 Å². The lowest BCUT2D eigenvalue weighted by atomic mass is 10.3. The van der Waals surface area contributed by atoms with Crippen LogP contribution < -0.4 is 10.1 Å². The molecule has 0 saturated heterocycles. The van der Waals surface area contributed by atoms with Gasteiger partial charge in [0.2, 0.25) is 5.88 Å². The number of hydrazone groups is 1. The monoisotopic (exact) mass is 394 g/mol. The third-order valence-electron chi connectivity index (χ3n) is 3.63. The summed E-state index contributed by atoms with van der Waals surface area (Å²) in [6, 6.07) is 5.99. The van der Waals surface area contributed by atoms with E-state index in [2.05, 4.69) is 20.4 Å². The average molecular weight is 394 g/mol. The Balaban J connectivity index is 2.03. The summed E-state index contributed by atoms with van der Waals surface area (Å²) in [6.45, 7) is 7.18. The highest BCUT2D eigenvalue weighted by atomic mass is 32.2. The molecule has 1 aromatic carbocycles. The molecule has 2 aromatic rings. The van der Waals surface area contributed by atoms with Gasteiger partial charge >= 0.3 is 5.97 Å². The summed E-state index contributed by atoms with van der Waals surface area (Å²) in [7, 11) is -3.80. The van der Waals surface area contributed by atoms with Gasteiger partial charge in [-0.25, -0.2) is 13.1 Å². The van der Waals surface area contributed by atoms with Gasteiger partial charge in [-0.05, 0) is 52.0 Å². The van der Waals surface area contributed by atoms with E-state index in [0.29, 0.717) is 29.3 Å². The Kier molecular flexibility index (Phi) is 6.56. The van der Waals surface area contributed by atoms with Gasteiger partial charge in [-0.2, -0.15) is 5.10 Å². The molecule has 2 N–H and O–H groups in total. The van der Waals surface area contributed by atoms with E-state index < -0.39 is 10.0 Å². The number of carbonyl (C=O) groups excluding carboxylic acids is 1. The van der Waals surface area contributed by atoms with E-state index >= 15 is 0 Å². The second-order valence-corrected chi connectivity index (χ2v) is 7.48. The molecule has 0 amide bonds. The molecule has 0 atom stereocenters. The Labute approximate surface area is 157 Å². The van der Waals surface area contributed by atoms with Crippen LogP contribution in [0.1, 0.15) is 31.5 Å². The Bertz CT molecular complexity index is 933. The van der Waals surface area contributed by atoms with Crippen molar-refractivity contribution in [3.63, 3.8) is 0 Å². The number of hydrogen-bond acceptors (Lipinski definition) is 8. The normalized spacial score (nSPS) is 11.9. The zero-order valence-electron chi connectivity index (χ0n) is 15.6. The summed E-state index contributed by atoms with van der Waals surface area (Å²) in [5.74, 6) is -0.264. The van der Waals surface area contributed by atoms with Crippen LogP contribution in [0.15, 0.2) is 38.8 Å².